The first-order valence-electron chi connectivity index (χ1n) is 8.17. The fourth-order valence-electron chi connectivity index (χ4n) is 2.35. The lowest BCUT2D eigenvalue weighted by Crippen LogP contribution is -2.13. The molecule has 1 aromatic heterocycles. The Hall–Kier alpha value is -2.49. The van der Waals surface area contributed by atoms with Crippen molar-refractivity contribution < 1.29 is 22.7 Å². The summed E-state index contributed by atoms with van der Waals surface area (Å²) in [4.78, 5) is 16.3. The summed E-state index contributed by atoms with van der Waals surface area (Å²) in [5.41, 5.74) is 0.938. The van der Waals surface area contributed by atoms with Crippen molar-refractivity contribution in [1.82, 2.24) is 4.98 Å². The Morgan fingerprint density at radius 1 is 1.07 bits per heavy atom. The zero-order chi connectivity index (χ0) is 19.3. The van der Waals surface area contributed by atoms with Crippen molar-refractivity contribution in [3.63, 3.8) is 0 Å². The third-order valence-electron chi connectivity index (χ3n) is 3.65. The van der Waals surface area contributed by atoms with E-state index in [1.54, 1.807) is 11.3 Å². The van der Waals surface area contributed by atoms with Gasteiger partial charge >= 0.3 is 5.97 Å². The molecule has 0 aliphatic rings. The Morgan fingerprint density at radius 3 is 2.52 bits per heavy atom. The van der Waals surface area contributed by atoms with E-state index in [0.29, 0.717) is 12.2 Å². The van der Waals surface area contributed by atoms with Gasteiger partial charge in [0.1, 0.15) is 19.0 Å². The number of hydrogen-bond donors (Lipinski definition) is 1. The van der Waals surface area contributed by atoms with E-state index in [-0.39, 0.29) is 30.5 Å². The quantitative estimate of drug-likeness (QED) is 0.455. The van der Waals surface area contributed by atoms with Crippen molar-refractivity contribution in [2.45, 2.75) is 17.7 Å². The Morgan fingerprint density at radius 2 is 1.81 bits per heavy atom. The van der Waals surface area contributed by atoms with Gasteiger partial charge in [0, 0.05) is 6.42 Å². The maximum Gasteiger partial charge on any atom is 0.306 e. The number of hydrogen-bond acceptors (Lipinski definition) is 7. The second kappa shape index (κ2) is 8.47. The summed E-state index contributed by atoms with van der Waals surface area (Å²) in [5, 5.41) is 5.93. The number of fused-ring (bicyclic) bond motifs is 1. The number of nitrogens with two attached hydrogens (primary N) is 1. The number of rotatable bonds is 8. The highest BCUT2D eigenvalue weighted by atomic mass is 32.2. The Bertz CT molecular complexity index is 996. The smallest absolute Gasteiger partial charge is 0.306 e. The SMILES string of the molecule is NS(=O)(=O)c1ccc(OCCOC(=O)CCc2nc3ccccc3s2)cc1. The number of sulfonamides is 1. The molecule has 0 atom stereocenters. The number of carbonyl (C=O) groups is 1. The summed E-state index contributed by atoms with van der Waals surface area (Å²) in [7, 11) is -3.72. The van der Waals surface area contributed by atoms with E-state index in [0.717, 1.165) is 15.2 Å². The highest BCUT2D eigenvalue weighted by Gasteiger charge is 2.09. The summed E-state index contributed by atoms with van der Waals surface area (Å²) < 4.78 is 34.0. The average Bonchev–Trinajstić information content (AvgIpc) is 3.06. The van der Waals surface area contributed by atoms with Crippen LogP contribution in [0.5, 0.6) is 5.75 Å². The van der Waals surface area contributed by atoms with Gasteiger partial charge in [-0.25, -0.2) is 18.5 Å². The van der Waals surface area contributed by atoms with Crippen molar-refractivity contribution in [2.24, 2.45) is 5.14 Å². The first-order chi connectivity index (χ1) is 12.9. The molecule has 0 fully saturated rings. The highest BCUT2D eigenvalue weighted by molar-refractivity contribution is 7.89. The van der Waals surface area contributed by atoms with Gasteiger partial charge in [0.05, 0.1) is 26.5 Å². The maximum absolute atomic E-state index is 11.8. The molecule has 0 aliphatic heterocycles. The summed E-state index contributed by atoms with van der Waals surface area (Å²) >= 11 is 1.57. The van der Waals surface area contributed by atoms with Crippen LogP contribution in [0.25, 0.3) is 10.2 Å². The van der Waals surface area contributed by atoms with E-state index in [1.165, 1.54) is 24.3 Å². The third-order valence-corrected chi connectivity index (χ3v) is 5.67. The molecule has 27 heavy (non-hydrogen) atoms. The average molecular weight is 406 g/mol. The fraction of sp³-hybridized carbons (Fsp3) is 0.222. The molecule has 2 N–H and O–H groups in total. The van der Waals surface area contributed by atoms with E-state index >= 15 is 0 Å². The molecule has 0 amide bonds. The highest BCUT2D eigenvalue weighted by Crippen LogP contribution is 2.22. The van der Waals surface area contributed by atoms with Crippen LogP contribution < -0.4 is 9.88 Å². The molecule has 3 rings (SSSR count). The molecule has 1 heterocycles. The Kier molecular flexibility index (Phi) is 6.04. The van der Waals surface area contributed by atoms with Gasteiger partial charge in [-0.1, -0.05) is 12.1 Å². The van der Waals surface area contributed by atoms with Crippen LogP contribution in [0.3, 0.4) is 0 Å². The molecule has 9 heteroatoms. The molecule has 0 bridgehead atoms. The lowest BCUT2D eigenvalue weighted by atomic mass is 10.3. The second-order valence-corrected chi connectivity index (χ2v) is 8.34. The minimum atomic E-state index is -3.72. The van der Waals surface area contributed by atoms with Crippen molar-refractivity contribution in [3.05, 3.63) is 53.5 Å². The molecule has 0 unspecified atom stereocenters. The molecule has 0 spiro atoms. The third kappa shape index (κ3) is 5.49. The number of para-hydroxylation sites is 1. The number of esters is 1. The normalized spacial score (nSPS) is 11.4. The molecular weight excluding hydrogens is 388 g/mol. The van der Waals surface area contributed by atoms with Gasteiger partial charge in [-0.3, -0.25) is 4.79 Å². The predicted molar refractivity (Wildman–Crippen MR) is 102 cm³/mol. The van der Waals surface area contributed by atoms with Gasteiger partial charge in [0.15, 0.2) is 0 Å². The van der Waals surface area contributed by atoms with Crippen molar-refractivity contribution in [2.75, 3.05) is 13.2 Å². The van der Waals surface area contributed by atoms with Crippen LogP contribution in [0.4, 0.5) is 0 Å². The van der Waals surface area contributed by atoms with E-state index in [4.69, 9.17) is 14.6 Å². The van der Waals surface area contributed by atoms with Crippen LogP contribution >= 0.6 is 11.3 Å². The van der Waals surface area contributed by atoms with Crippen LogP contribution in [0.1, 0.15) is 11.4 Å². The van der Waals surface area contributed by atoms with Crippen LogP contribution in [0.2, 0.25) is 0 Å². The number of thiazole rings is 1. The van der Waals surface area contributed by atoms with Gasteiger partial charge in [0.25, 0.3) is 0 Å². The molecule has 0 aliphatic carbocycles. The summed E-state index contributed by atoms with van der Waals surface area (Å²) in [5.74, 6) is 0.148. The number of nitrogens with zero attached hydrogens (tertiary/aromatic N) is 1. The van der Waals surface area contributed by atoms with Gasteiger partial charge < -0.3 is 9.47 Å². The largest absolute Gasteiger partial charge is 0.490 e. The van der Waals surface area contributed by atoms with Crippen molar-refractivity contribution in [3.8, 4) is 5.75 Å². The number of aryl methyl sites for hydroxylation is 1. The summed E-state index contributed by atoms with van der Waals surface area (Å²) in [6.45, 7) is 0.275. The van der Waals surface area contributed by atoms with Gasteiger partial charge in [0.2, 0.25) is 10.0 Å². The monoisotopic (exact) mass is 406 g/mol. The minimum Gasteiger partial charge on any atom is -0.490 e. The van der Waals surface area contributed by atoms with Crippen molar-refractivity contribution in [1.29, 1.82) is 0 Å². The lowest BCUT2D eigenvalue weighted by molar-refractivity contribution is -0.144. The zero-order valence-corrected chi connectivity index (χ0v) is 16.0. The summed E-state index contributed by atoms with van der Waals surface area (Å²) in [6.07, 6.45) is 0.789. The van der Waals surface area contributed by atoms with E-state index in [2.05, 4.69) is 4.98 Å². The van der Waals surface area contributed by atoms with E-state index in [1.807, 2.05) is 24.3 Å². The fourth-order valence-corrected chi connectivity index (χ4v) is 3.83. The first-order valence-corrected chi connectivity index (χ1v) is 10.5. The van der Waals surface area contributed by atoms with Gasteiger partial charge in [-0.05, 0) is 36.4 Å². The van der Waals surface area contributed by atoms with Gasteiger partial charge in [-0.15, -0.1) is 11.3 Å². The number of ether oxygens (including phenoxy) is 2. The molecule has 7 nitrogen and oxygen atoms in total. The molecular formula is C18H18N2O5S2. The molecule has 3 aromatic rings. The minimum absolute atomic E-state index is 0.0103. The summed E-state index contributed by atoms with van der Waals surface area (Å²) in [6, 6.07) is 13.5. The first kappa shape index (κ1) is 19.3. The number of carbonyl (C=O) groups excluding carboxylic acids is 1. The Labute approximate surface area is 160 Å². The second-order valence-electron chi connectivity index (χ2n) is 5.66. The lowest BCUT2D eigenvalue weighted by Gasteiger charge is -2.07. The molecule has 142 valence electrons. The van der Waals surface area contributed by atoms with Crippen LogP contribution in [0.15, 0.2) is 53.4 Å². The van der Waals surface area contributed by atoms with Crippen LogP contribution in [-0.2, 0) is 26.0 Å². The standard InChI is InChI=1S/C18H18N2O5S2/c19-27(22,23)14-7-5-13(6-8-14)24-11-12-25-18(21)10-9-17-20-15-3-1-2-4-16(15)26-17/h1-8H,9-12H2,(H2,19,22,23). The van der Waals surface area contributed by atoms with E-state index < -0.39 is 10.0 Å². The number of benzene rings is 2. The van der Waals surface area contributed by atoms with Crippen LogP contribution in [-0.4, -0.2) is 32.6 Å². The number of primary sulfonamides is 1. The molecule has 0 saturated carbocycles. The predicted octanol–water partition coefficient (Wildman–Crippen LogP) is 2.50. The topological polar surface area (TPSA) is 109 Å². The van der Waals surface area contributed by atoms with Crippen molar-refractivity contribution >= 4 is 37.5 Å². The molecule has 0 saturated heterocycles. The molecule has 2 aromatic carbocycles. The van der Waals surface area contributed by atoms with E-state index in [9.17, 15) is 13.2 Å². The van der Waals surface area contributed by atoms with Crippen LogP contribution in [0, 0.1) is 0 Å². The molecule has 0 radical (unpaired) electrons. The zero-order valence-electron chi connectivity index (χ0n) is 14.3. The maximum atomic E-state index is 11.8. The number of aromatic nitrogens is 1. The Balaban J connectivity index is 1.38. The van der Waals surface area contributed by atoms with Gasteiger partial charge in [-0.2, -0.15) is 0 Å².